The number of nitro groups is 1. The van der Waals surface area contributed by atoms with E-state index in [1.807, 2.05) is 0 Å². The fourth-order valence-electron chi connectivity index (χ4n) is 5.91. The summed E-state index contributed by atoms with van der Waals surface area (Å²) in [5.41, 5.74) is 7.79. The van der Waals surface area contributed by atoms with Crippen molar-refractivity contribution in [3.05, 3.63) is 193 Å². The van der Waals surface area contributed by atoms with Gasteiger partial charge in [0.05, 0.1) is 15.6 Å². The van der Waals surface area contributed by atoms with E-state index in [9.17, 15) is 37.7 Å². The molecule has 4 aromatic carbocycles. The molecule has 0 unspecified atom stereocenters. The molecule has 0 bridgehead atoms. The Morgan fingerprint density at radius 2 is 1.21 bits per heavy atom. The van der Waals surface area contributed by atoms with Gasteiger partial charge in [-0.3, -0.25) is 10.1 Å². The van der Waals surface area contributed by atoms with Crippen LogP contribution in [-0.4, -0.2) is 43.4 Å². The lowest BCUT2D eigenvalue weighted by molar-refractivity contribution is -0.565. The summed E-state index contributed by atoms with van der Waals surface area (Å²) in [7, 11) is 0. The maximum Gasteiger partial charge on any atom is 0.334 e. The van der Waals surface area contributed by atoms with E-state index >= 15 is 0 Å². The number of halogens is 5. The Balaban J connectivity index is 0.000000160. The van der Waals surface area contributed by atoms with E-state index in [-0.39, 0.29) is 41.3 Å². The van der Waals surface area contributed by atoms with Gasteiger partial charge < -0.3 is 28.7 Å². The second-order valence-corrected chi connectivity index (χ2v) is 14.4. The normalized spacial score (nSPS) is 10.4. The molecule has 66 heavy (non-hydrogen) atoms. The third-order valence-electron chi connectivity index (χ3n) is 9.22. The largest absolute Gasteiger partial charge is 0.618 e. The molecule has 0 fully saturated rings. The molecule has 0 amide bonds. The van der Waals surface area contributed by atoms with Crippen LogP contribution < -0.4 is 4.73 Å². The Bertz CT molecular complexity index is 3000. The van der Waals surface area contributed by atoms with Gasteiger partial charge in [0.25, 0.3) is 5.52 Å². The molecule has 0 spiro atoms. The van der Waals surface area contributed by atoms with Gasteiger partial charge in [-0.2, -0.15) is 4.73 Å². The number of nitrogens with zero attached hydrogens (tertiary/aromatic N) is 6. The summed E-state index contributed by atoms with van der Waals surface area (Å²) in [5.74, 6) is -0.871. The lowest BCUT2D eigenvalue weighted by Crippen LogP contribution is -2.30. The number of aldehydes is 1. The molecule has 1 N–H and O–H groups in total. The molecule has 9 rings (SSSR count). The van der Waals surface area contributed by atoms with Crippen LogP contribution in [-0.2, 0) is 17.6 Å². The quantitative estimate of drug-likeness (QED) is 0.0397. The van der Waals surface area contributed by atoms with Gasteiger partial charge in [0, 0.05) is 37.1 Å². The summed E-state index contributed by atoms with van der Waals surface area (Å²) in [6.07, 6.45) is 1.76. The molecule has 5 aromatic heterocycles. The van der Waals surface area contributed by atoms with Crippen LogP contribution in [0, 0.1) is 66.3 Å². The highest BCUT2D eigenvalue weighted by Crippen LogP contribution is 2.30. The Morgan fingerprint density at radius 3 is 1.71 bits per heavy atom. The number of aryl methyl sites for hydroxylation is 4. The fourth-order valence-corrected chi connectivity index (χ4v) is 6.14. The van der Waals surface area contributed by atoms with Crippen LogP contribution in [0.2, 0.25) is 5.02 Å². The predicted molar refractivity (Wildman–Crippen MR) is 236 cm³/mol. The molecule has 0 radical (unpaired) electrons. The summed E-state index contributed by atoms with van der Waals surface area (Å²) in [4.78, 5) is 24.1. The Hall–Kier alpha value is -7.83. The number of pyridine rings is 2. The average Bonchev–Trinajstić information content (AvgIpc) is 3.99. The predicted octanol–water partition coefficient (Wildman–Crippen LogP) is 10.7. The molecule has 340 valence electrons. The van der Waals surface area contributed by atoms with Crippen LogP contribution >= 0.6 is 11.6 Å². The van der Waals surface area contributed by atoms with Crippen molar-refractivity contribution in [2.24, 2.45) is 0 Å². The van der Waals surface area contributed by atoms with Crippen molar-refractivity contribution in [3.8, 4) is 22.5 Å². The van der Waals surface area contributed by atoms with E-state index in [1.54, 1.807) is 80.6 Å². The van der Waals surface area contributed by atoms with Crippen LogP contribution in [0.15, 0.2) is 129 Å². The van der Waals surface area contributed by atoms with Gasteiger partial charge in [-0.15, -0.1) is 0 Å². The number of fused-ring (bicyclic) bond motifs is 2. The zero-order chi connectivity index (χ0) is 47.9. The van der Waals surface area contributed by atoms with Crippen molar-refractivity contribution >= 4 is 45.8 Å². The highest BCUT2D eigenvalue weighted by molar-refractivity contribution is 6.35. The zero-order valence-corrected chi connectivity index (χ0v) is 36.3. The number of hydrogen-bond donors (Lipinski definition) is 1. The average molecular weight is 927 g/mol. The standard InChI is InChI=1S/C13H8ClFN2O.C13H9FN2O2.C8H9FO.C8H7FO.C5H6N2O3/c1-7-12-13(18-17-7)10(14)6-11(16-12)8-2-4-9(15)5-3-8;1-8-13-12(18-15-8)7-6-11(16(13)17)9-2-4-10(14)5-3-9;2*9-8-3-1-7(2-4-8)5-6-10;1-3-5(7(8)9)4(2)10-6-3/h2-6H,1H3;2-7H,1H3;1-4,10H,5-6H2;1-4,6H,5H2;1-2H3. The van der Waals surface area contributed by atoms with E-state index in [2.05, 4.69) is 25.0 Å². The van der Waals surface area contributed by atoms with Gasteiger partial charge in [0.2, 0.25) is 22.6 Å². The van der Waals surface area contributed by atoms with Crippen molar-refractivity contribution in [1.29, 1.82) is 0 Å². The molecular weight excluding hydrogens is 888 g/mol. The molecular formula is C47H39ClF4N6O8. The Labute approximate surface area is 378 Å². The van der Waals surface area contributed by atoms with Gasteiger partial charge in [0.15, 0.2) is 11.4 Å². The van der Waals surface area contributed by atoms with E-state index in [4.69, 9.17) is 25.8 Å². The van der Waals surface area contributed by atoms with Crippen molar-refractivity contribution < 1.29 is 50.7 Å². The first kappa shape index (κ1) is 49.2. The van der Waals surface area contributed by atoms with Crippen molar-refractivity contribution in [2.75, 3.05) is 6.61 Å². The van der Waals surface area contributed by atoms with Crippen molar-refractivity contribution in [2.45, 2.75) is 40.5 Å². The Kier molecular flexibility index (Phi) is 17.3. The van der Waals surface area contributed by atoms with Crippen LogP contribution in [0.1, 0.15) is 34.0 Å². The summed E-state index contributed by atoms with van der Waals surface area (Å²) in [6, 6.07) is 28.9. The number of rotatable bonds is 7. The third kappa shape index (κ3) is 13.1. The summed E-state index contributed by atoms with van der Waals surface area (Å²) in [5, 5.41) is 42.4. The number of aliphatic hydroxyl groups is 1. The first-order valence-electron chi connectivity index (χ1n) is 19.6. The van der Waals surface area contributed by atoms with E-state index < -0.39 is 4.92 Å². The molecule has 0 aliphatic rings. The first-order chi connectivity index (χ1) is 31.6. The molecule has 19 heteroatoms. The van der Waals surface area contributed by atoms with Crippen LogP contribution in [0.5, 0.6) is 0 Å². The van der Waals surface area contributed by atoms with Crippen molar-refractivity contribution in [1.82, 2.24) is 20.5 Å². The van der Waals surface area contributed by atoms with Gasteiger partial charge in [-0.1, -0.05) is 51.3 Å². The smallest absolute Gasteiger partial charge is 0.334 e. The van der Waals surface area contributed by atoms with Crippen LogP contribution in [0.25, 0.3) is 44.7 Å². The summed E-state index contributed by atoms with van der Waals surface area (Å²) < 4.78 is 65.7. The number of aromatic nitrogens is 5. The molecule has 5 heterocycles. The maximum atomic E-state index is 12.9. The number of hydrogen-bond acceptors (Lipinski definition) is 12. The second-order valence-electron chi connectivity index (χ2n) is 14.0. The third-order valence-corrected chi connectivity index (χ3v) is 9.50. The molecule has 0 atom stereocenters. The Morgan fingerprint density at radius 1 is 0.697 bits per heavy atom. The number of benzene rings is 4. The lowest BCUT2D eigenvalue weighted by Gasteiger charge is -2.04. The number of carbonyl (C=O) groups is 1. The SMILES string of the molecule is Cc1noc(C)c1[N+](=O)[O-].Cc1noc2c(Cl)cc(-c3ccc(F)cc3)nc12.Cc1noc2ccc(-c3ccc(F)cc3)[n+]([O-])c12.O=CCc1ccc(F)cc1.OCCc1ccc(F)cc1. The molecule has 0 aliphatic heterocycles. The molecule has 0 aliphatic carbocycles. The van der Waals surface area contributed by atoms with E-state index in [0.29, 0.717) is 74.1 Å². The van der Waals surface area contributed by atoms with Crippen LogP contribution in [0.4, 0.5) is 23.2 Å². The monoisotopic (exact) mass is 926 g/mol. The minimum Gasteiger partial charge on any atom is -0.618 e. The van der Waals surface area contributed by atoms with Crippen LogP contribution in [0.3, 0.4) is 0 Å². The van der Waals surface area contributed by atoms with Gasteiger partial charge in [-0.25, -0.2) is 22.5 Å². The molecule has 0 saturated carbocycles. The maximum absolute atomic E-state index is 12.9. The van der Waals surface area contributed by atoms with Gasteiger partial charge in [0.1, 0.15) is 40.8 Å². The highest BCUT2D eigenvalue weighted by Gasteiger charge is 2.20. The van der Waals surface area contributed by atoms with Gasteiger partial charge >= 0.3 is 5.69 Å². The zero-order valence-electron chi connectivity index (χ0n) is 35.5. The topological polar surface area (TPSA) is 198 Å². The molecule has 14 nitrogen and oxygen atoms in total. The number of aliphatic hydroxyl groups excluding tert-OH is 1. The van der Waals surface area contributed by atoms with Crippen molar-refractivity contribution in [3.63, 3.8) is 0 Å². The number of carbonyl (C=O) groups excluding carboxylic acids is 1. The van der Waals surface area contributed by atoms with E-state index in [1.165, 1.54) is 62.4 Å². The minimum absolute atomic E-state index is 0.0278. The summed E-state index contributed by atoms with van der Waals surface area (Å²) >= 11 is 6.11. The second kappa shape index (κ2) is 23.2. The van der Waals surface area contributed by atoms with Gasteiger partial charge in [-0.05, 0) is 123 Å². The highest BCUT2D eigenvalue weighted by atomic mass is 35.5. The lowest BCUT2D eigenvalue weighted by atomic mass is 10.1. The first-order valence-corrected chi connectivity index (χ1v) is 20.0. The minimum atomic E-state index is -0.499. The fraction of sp³-hybridized carbons (Fsp3) is 0.149. The summed E-state index contributed by atoms with van der Waals surface area (Å²) in [6.45, 7) is 6.66. The molecule has 0 saturated heterocycles. The molecule has 9 aromatic rings. The van der Waals surface area contributed by atoms with E-state index in [0.717, 1.165) is 27.7 Å².